The largest absolute Gasteiger partial charge is 0.383 e. The maximum absolute atomic E-state index is 11.2. The van der Waals surface area contributed by atoms with Crippen LogP contribution >= 0.6 is 11.8 Å². The van der Waals surface area contributed by atoms with Gasteiger partial charge < -0.3 is 15.4 Å². The summed E-state index contributed by atoms with van der Waals surface area (Å²) < 4.78 is 4.84. The minimum absolute atomic E-state index is 0.0903. The number of methoxy groups -OCH3 is 1. The highest BCUT2D eigenvalue weighted by molar-refractivity contribution is 7.99. The van der Waals surface area contributed by atoms with Gasteiger partial charge in [0.25, 0.3) is 0 Å². The summed E-state index contributed by atoms with van der Waals surface area (Å²) in [4.78, 5) is 11.2. The molecule has 16 heavy (non-hydrogen) atoms. The molecule has 5 heteroatoms. The highest BCUT2D eigenvalue weighted by atomic mass is 32.2. The molecule has 0 aromatic heterocycles. The van der Waals surface area contributed by atoms with Crippen molar-refractivity contribution in [1.29, 1.82) is 0 Å². The Labute approximate surface area is 103 Å². The zero-order chi connectivity index (χ0) is 12.1. The van der Waals surface area contributed by atoms with Crippen LogP contribution in [0.3, 0.4) is 0 Å². The van der Waals surface area contributed by atoms with Gasteiger partial charge in [0.15, 0.2) is 0 Å². The molecule has 0 atom stereocenters. The molecule has 0 spiro atoms. The molecule has 0 aromatic rings. The SMILES string of the molecule is CCSCCCNCCC(=O)NCCOC. The van der Waals surface area contributed by atoms with Crippen molar-refractivity contribution >= 4 is 17.7 Å². The lowest BCUT2D eigenvalue weighted by molar-refractivity contribution is -0.121. The van der Waals surface area contributed by atoms with Crippen molar-refractivity contribution < 1.29 is 9.53 Å². The summed E-state index contributed by atoms with van der Waals surface area (Å²) in [5, 5.41) is 6.05. The first-order chi connectivity index (χ1) is 7.81. The quantitative estimate of drug-likeness (QED) is 0.533. The molecule has 0 fully saturated rings. The molecule has 0 unspecified atom stereocenters. The van der Waals surface area contributed by atoms with E-state index in [1.165, 1.54) is 17.9 Å². The summed E-state index contributed by atoms with van der Waals surface area (Å²) in [5.41, 5.74) is 0. The Kier molecular flexibility index (Phi) is 12.6. The molecule has 0 heterocycles. The van der Waals surface area contributed by atoms with Gasteiger partial charge >= 0.3 is 0 Å². The van der Waals surface area contributed by atoms with Crippen molar-refractivity contribution in [2.24, 2.45) is 0 Å². The molecular weight excluding hydrogens is 224 g/mol. The number of hydrogen-bond donors (Lipinski definition) is 2. The Morgan fingerprint density at radius 3 is 2.81 bits per heavy atom. The van der Waals surface area contributed by atoms with E-state index in [1.54, 1.807) is 7.11 Å². The molecule has 0 radical (unpaired) electrons. The van der Waals surface area contributed by atoms with Crippen LogP contribution in [-0.4, -0.2) is 50.8 Å². The molecule has 1 amide bonds. The van der Waals surface area contributed by atoms with Crippen LogP contribution in [0.4, 0.5) is 0 Å². The van der Waals surface area contributed by atoms with Gasteiger partial charge in [-0.15, -0.1) is 0 Å². The average Bonchev–Trinajstić information content (AvgIpc) is 2.28. The normalized spacial score (nSPS) is 10.4. The van der Waals surface area contributed by atoms with Crippen LogP contribution in [-0.2, 0) is 9.53 Å². The van der Waals surface area contributed by atoms with Gasteiger partial charge in [-0.25, -0.2) is 0 Å². The first kappa shape index (κ1) is 15.7. The van der Waals surface area contributed by atoms with E-state index in [4.69, 9.17) is 4.74 Å². The third-order valence-corrected chi connectivity index (χ3v) is 2.99. The molecule has 4 nitrogen and oxygen atoms in total. The fourth-order valence-electron chi connectivity index (χ4n) is 1.15. The maximum Gasteiger partial charge on any atom is 0.221 e. The number of thioether (sulfide) groups is 1. The predicted molar refractivity (Wildman–Crippen MR) is 70.0 cm³/mol. The van der Waals surface area contributed by atoms with E-state index in [1.807, 2.05) is 11.8 Å². The van der Waals surface area contributed by atoms with Crippen LogP contribution in [0.1, 0.15) is 19.8 Å². The number of amides is 1. The van der Waals surface area contributed by atoms with Gasteiger partial charge in [-0.05, 0) is 24.5 Å². The fourth-order valence-corrected chi connectivity index (χ4v) is 1.79. The fraction of sp³-hybridized carbons (Fsp3) is 0.909. The topological polar surface area (TPSA) is 50.4 Å². The number of ether oxygens (including phenoxy) is 1. The molecule has 0 aliphatic heterocycles. The van der Waals surface area contributed by atoms with E-state index in [2.05, 4.69) is 17.6 Å². The number of nitrogens with one attached hydrogen (secondary N) is 2. The van der Waals surface area contributed by atoms with E-state index in [-0.39, 0.29) is 5.91 Å². The smallest absolute Gasteiger partial charge is 0.221 e. The standard InChI is InChI=1S/C11H24N2O2S/c1-3-16-10-4-6-12-7-5-11(14)13-8-9-15-2/h12H,3-10H2,1-2H3,(H,13,14). The van der Waals surface area contributed by atoms with E-state index in [0.29, 0.717) is 19.6 Å². The Morgan fingerprint density at radius 1 is 1.31 bits per heavy atom. The van der Waals surface area contributed by atoms with Crippen LogP contribution in [0.15, 0.2) is 0 Å². The minimum Gasteiger partial charge on any atom is -0.383 e. The van der Waals surface area contributed by atoms with Crippen LogP contribution in [0.25, 0.3) is 0 Å². The van der Waals surface area contributed by atoms with Gasteiger partial charge in [0.1, 0.15) is 0 Å². The average molecular weight is 248 g/mol. The first-order valence-corrected chi connectivity index (χ1v) is 7.00. The molecule has 96 valence electrons. The monoisotopic (exact) mass is 248 g/mol. The molecule has 0 aliphatic carbocycles. The summed E-state index contributed by atoms with van der Waals surface area (Å²) >= 11 is 1.95. The summed E-state index contributed by atoms with van der Waals surface area (Å²) in [7, 11) is 1.63. The van der Waals surface area contributed by atoms with Crippen molar-refractivity contribution in [2.75, 3.05) is 44.9 Å². The second-order valence-corrected chi connectivity index (χ2v) is 4.79. The van der Waals surface area contributed by atoms with Crippen molar-refractivity contribution in [2.45, 2.75) is 19.8 Å². The third-order valence-electron chi connectivity index (χ3n) is 2.00. The second-order valence-electron chi connectivity index (χ2n) is 3.39. The third kappa shape index (κ3) is 11.8. The van der Waals surface area contributed by atoms with Gasteiger partial charge in [0, 0.05) is 26.6 Å². The summed E-state index contributed by atoms with van der Waals surface area (Å²) in [6.07, 6.45) is 1.72. The molecule has 0 bridgehead atoms. The van der Waals surface area contributed by atoms with Crippen LogP contribution in [0, 0.1) is 0 Å². The Hall–Kier alpha value is -0.260. The van der Waals surface area contributed by atoms with Crippen LogP contribution in [0.5, 0.6) is 0 Å². The summed E-state index contributed by atoms with van der Waals surface area (Å²) in [6.45, 7) is 5.10. The number of carbonyl (C=O) groups is 1. The van der Waals surface area contributed by atoms with Crippen molar-refractivity contribution in [3.05, 3.63) is 0 Å². The van der Waals surface area contributed by atoms with E-state index < -0.39 is 0 Å². The van der Waals surface area contributed by atoms with Crippen molar-refractivity contribution in [3.8, 4) is 0 Å². The zero-order valence-electron chi connectivity index (χ0n) is 10.4. The number of rotatable bonds is 11. The summed E-state index contributed by atoms with van der Waals surface area (Å²) in [6, 6.07) is 0. The minimum atomic E-state index is 0.0903. The number of carbonyl (C=O) groups excluding carboxylic acids is 1. The van der Waals surface area contributed by atoms with E-state index in [0.717, 1.165) is 13.1 Å². The lowest BCUT2D eigenvalue weighted by Crippen LogP contribution is -2.30. The maximum atomic E-state index is 11.2. The first-order valence-electron chi connectivity index (χ1n) is 5.85. The van der Waals surface area contributed by atoms with Crippen LogP contribution in [0.2, 0.25) is 0 Å². The highest BCUT2D eigenvalue weighted by Gasteiger charge is 1.98. The molecule has 2 N–H and O–H groups in total. The lowest BCUT2D eigenvalue weighted by atomic mass is 10.4. The van der Waals surface area contributed by atoms with Gasteiger partial charge in [-0.1, -0.05) is 6.92 Å². The van der Waals surface area contributed by atoms with E-state index >= 15 is 0 Å². The molecule has 0 rings (SSSR count). The molecule has 0 aliphatic rings. The number of hydrogen-bond acceptors (Lipinski definition) is 4. The predicted octanol–water partition coefficient (Wildman–Crippen LogP) is 0.872. The van der Waals surface area contributed by atoms with Crippen molar-refractivity contribution in [3.63, 3.8) is 0 Å². The van der Waals surface area contributed by atoms with Crippen molar-refractivity contribution in [1.82, 2.24) is 10.6 Å². The van der Waals surface area contributed by atoms with Gasteiger partial charge in [-0.2, -0.15) is 11.8 Å². The Morgan fingerprint density at radius 2 is 2.12 bits per heavy atom. The van der Waals surface area contributed by atoms with E-state index in [9.17, 15) is 4.79 Å². The van der Waals surface area contributed by atoms with Gasteiger partial charge in [0.05, 0.1) is 6.61 Å². The second kappa shape index (κ2) is 12.8. The zero-order valence-corrected chi connectivity index (χ0v) is 11.2. The van der Waals surface area contributed by atoms with Gasteiger partial charge in [0.2, 0.25) is 5.91 Å². The molecular formula is C11H24N2O2S. The van der Waals surface area contributed by atoms with Gasteiger partial charge in [-0.3, -0.25) is 4.79 Å². The molecule has 0 saturated carbocycles. The Bertz CT molecular complexity index is 168. The molecule has 0 aromatic carbocycles. The highest BCUT2D eigenvalue weighted by Crippen LogP contribution is 1.99. The van der Waals surface area contributed by atoms with Crippen LogP contribution < -0.4 is 10.6 Å². The summed E-state index contributed by atoms with van der Waals surface area (Å²) in [5.74, 6) is 2.47. The molecule has 0 saturated heterocycles. The lowest BCUT2D eigenvalue weighted by Gasteiger charge is -2.05. The Balaban J connectivity index is 3.09.